The number of nitro benzene ring substituents is 1. The molecule has 0 bridgehead atoms. The summed E-state index contributed by atoms with van der Waals surface area (Å²) >= 11 is 5.90. The molecule has 0 fully saturated rings. The Kier molecular flexibility index (Phi) is 3.50. The van der Waals surface area contributed by atoms with Crippen LogP contribution in [0.1, 0.15) is 5.56 Å². The van der Waals surface area contributed by atoms with Crippen molar-refractivity contribution in [1.82, 2.24) is 4.98 Å². The number of nitrogens with one attached hydrogen (secondary N) is 2. The Morgan fingerprint density at radius 3 is 2.86 bits per heavy atom. The van der Waals surface area contributed by atoms with Gasteiger partial charge in [0, 0.05) is 24.5 Å². The predicted molar refractivity (Wildman–Crippen MR) is 83.7 cm³/mol. The molecule has 2 N–H and O–H groups in total. The summed E-state index contributed by atoms with van der Waals surface area (Å²) in [6.45, 7) is 0.603. The van der Waals surface area contributed by atoms with Gasteiger partial charge in [-0.15, -0.1) is 0 Å². The number of H-pyrrole nitrogens is 1. The minimum absolute atomic E-state index is 0.0892. The van der Waals surface area contributed by atoms with E-state index in [0.717, 1.165) is 22.2 Å². The lowest BCUT2D eigenvalue weighted by molar-refractivity contribution is -0.384. The van der Waals surface area contributed by atoms with Crippen molar-refractivity contribution in [2.24, 2.45) is 0 Å². The maximum atomic E-state index is 10.7. The van der Waals surface area contributed by atoms with Crippen LogP contribution < -0.4 is 5.32 Å². The van der Waals surface area contributed by atoms with E-state index in [4.69, 9.17) is 11.6 Å². The summed E-state index contributed by atoms with van der Waals surface area (Å²) in [4.78, 5) is 13.4. The van der Waals surface area contributed by atoms with Gasteiger partial charge in [-0.1, -0.05) is 29.8 Å². The number of hydrogen-bond donors (Lipinski definition) is 2. The quantitative estimate of drug-likeness (QED) is 0.556. The van der Waals surface area contributed by atoms with Gasteiger partial charge in [0.1, 0.15) is 5.02 Å². The van der Waals surface area contributed by atoms with Crippen LogP contribution in [-0.4, -0.2) is 9.91 Å². The van der Waals surface area contributed by atoms with Crippen molar-refractivity contribution in [3.05, 3.63) is 69.4 Å². The first kappa shape index (κ1) is 13.5. The minimum atomic E-state index is -0.494. The predicted octanol–water partition coefficient (Wildman–Crippen LogP) is 4.34. The van der Waals surface area contributed by atoms with Crippen molar-refractivity contribution in [1.29, 1.82) is 0 Å². The van der Waals surface area contributed by atoms with E-state index in [1.54, 1.807) is 12.1 Å². The molecule has 0 radical (unpaired) electrons. The van der Waals surface area contributed by atoms with Gasteiger partial charge in [0.25, 0.3) is 5.69 Å². The average Bonchev–Trinajstić information content (AvgIpc) is 2.93. The number of anilines is 1. The number of para-hydroxylation sites is 1. The zero-order valence-electron chi connectivity index (χ0n) is 11.0. The Morgan fingerprint density at radius 1 is 1.24 bits per heavy atom. The molecule has 106 valence electrons. The lowest BCUT2D eigenvalue weighted by atomic mass is 10.1. The van der Waals surface area contributed by atoms with Crippen LogP contribution in [0.25, 0.3) is 10.9 Å². The fourth-order valence-corrected chi connectivity index (χ4v) is 2.51. The molecule has 0 aliphatic rings. The van der Waals surface area contributed by atoms with E-state index >= 15 is 0 Å². The molecule has 0 atom stereocenters. The van der Waals surface area contributed by atoms with Gasteiger partial charge in [-0.2, -0.15) is 0 Å². The van der Waals surface area contributed by atoms with E-state index < -0.39 is 4.92 Å². The Morgan fingerprint density at radius 2 is 2.10 bits per heavy atom. The van der Waals surface area contributed by atoms with E-state index in [0.29, 0.717) is 6.54 Å². The fourth-order valence-electron chi connectivity index (χ4n) is 2.26. The number of halogens is 1. The second-order valence-electron chi connectivity index (χ2n) is 4.64. The number of nitro groups is 1. The van der Waals surface area contributed by atoms with Crippen molar-refractivity contribution < 1.29 is 4.92 Å². The summed E-state index contributed by atoms with van der Waals surface area (Å²) in [6.07, 6.45) is 1.90. The third-order valence-corrected chi connectivity index (χ3v) is 3.60. The van der Waals surface area contributed by atoms with Crippen molar-refractivity contribution in [3.8, 4) is 0 Å². The zero-order valence-corrected chi connectivity index (χ0v) is 11.7. The Bertz CT molecular complexity index is 814. The van der Waals surface area contributed by atoms with E-state index in [-0.39, 0.29) is 10.7 Å². The van der Waals surface area contributed by atoms with Crippen molar-refractivity contribution in [3.63, 3.8) is 0 Å². The van der Waals surface area contributed by atoms with Crippen LogP contribution in [0.2, 0.25) is 5.02 Å². The van der Waals surface area contributed by atoms with Gasteiger partial charge >= 0.3 is 0 Å². The number of fused-ring (bicyclic) bond motifs is 1. The molecule has 1 aromatic heterocycles. The monoisotopic (exact) mass is 301 g/mol. The third-order valence-electron chi connectivity index (χ3n) is 3.30. The molecule has 0 saturated carbocycles. The average molecular weight is 302 g/mol. The molecule has 6 heteroatoms. The zero-order chi connectivity index (χ0) is 14.8. The van der Waals surface area contributed by atoms with E-state index in [9.17, 15) is 10.1 Å². The second kappa shape index (κ2) is 5.46. The molecule has 0 aliphatic carbocycles. The molecule has 0 amide bonds. The lowest BCUT2D eigenvalue weighted by Crippen LogP contribution is -2.00. The van der Waals surface area contributed by atoms with Gasteiger partial charge in [0.05, 0.1) is 10.4 Å². The summed E-state index contributed by atoms with van der Waals surface area (Å²) in [5, 5.41) is 15.2. The van der Waals surface area contributed by atoms with Gasteiger partial charge in [0.2, 0.25) is 0 Å². The SMILES string of the molecule is O=[N+]([O-])c1ccc(NCc2cccc3cc[nH]c23)cc1Cl. The molecular weight excluding hydrogens is 290 g/mol. The highest BCUT2D eigenvalue weighted by Gasteiger charge is 2.12. The smallest absolute Gasteiger partial charge is 0.288 e. The van der Waals surface area contributed by atoms with Gasteiger partial charge < -0.3 is 10.3 Å². The van der Waals surface area contributed by atoms with Gasteiger partial charge in [-0.3, -0.25) is 10.1 Å². The molecule has 3 rings (SSSR count). The van der Waals surface area contributed by atoms with Crippen LogP contribution in [-0.2, 0) is 6.54 Å². The largest absolute Gasteiger partial charge is 0.381 e. The summed E-state index contributed by atoms with van der Waals surface area (Å²) < 4.78 is 0. The minimum Gasteiger partial charge on any atom is -0.381 e. The number of rotatable bonds is 4. The number of hydrogen-bond acceptors (Lipinski definition) is 3. The molecule has 1 heterocycles. The van der Waals surface area contributed by atoms with Crippen LogP contribution in [0.5, 0.6) is 0 Å². The van der Waals surface area contributed by atoms with Crippen LogP contribution in [0.15, 0.2) is 48.7 Å². The number of aromatic amines is 1. The van der Waals surface area contributed by atoms with Gasteiger partial charge in [0.15, 0.2) is 0 Å². The van der Waals surface area contributed by atoms with E-state index in [2.05, 4.69) is 10.3 Å². The van der Waals surface area contributed by atoms with Crippen molar-refractivity contribution in [2.75, 3.05) is 5.32 Å². The highest BCUT2D eigenvalue weighted by atomic mass is 35.5. The Hall–Kier alpha value is -2.53. The fraction of sp³-hybridized carbons (Fsp3) is 0.0667. The topological polar surface area (TPSA) is 71.0 Å². The van der Waals surface area contributed by atoms with Crippen LogP contribution in [0.4, 0.5) is 11.4 Å². The standard InChI is InChI=1S/C15H12ClN3O2/c16-13-8-12(4-5-14(13)19(20)21)18-9-11-3-1-2-10-6-7-17-15(10)11/h1-8,17-18H,9H2. The van der Waals surface area contributed by atoms with Crippen LogP contribution >= 0.6 is 11.6 Å². The number of aromatic nitrogens is 1. The number of nitrogens with zero attached hydrogens (tertiary/aromatic N) is 1. The Labute approximate surface area is 125 Å². The first-order valence-electron chi connectivity index (χ1n) is 6.38. The molecule has 0 aliphatic heterocycles. The van der Waals surface area contributed by atoms with Gasteiger partial charge in [-0.25, -0.2) is 0 Å². The highest BCUT2D eigenvalue weighted by molar-refractivity contribution is 6.32. The Balaban J connectivity index is 1.80. The lowest BCUT2D eigenvalue weighted by Gasteiger charge is -2.08. The molecule has 0 saturated heterocycles. The molecular formula is C15H12ClN3O2. The summed E-state index contributed by atoms with van der Waals surface area (Å²) in [5.41, 5.74) is 2.85. The molecule has 0 unspecified atom stereocenters. The molecule has 3 aromatic rings. The van der Waals surface area contributed by atoms with E-state index in [1.807, 2.05) is 30.5 Å². The molecule has 0 spiro atoms. The maximum absolute atomic E-state index is 10.7. The van der Waals surface area contributed by atoms with Crippen LogP contribution in [0, 0.1) is 10.1 Å². The number of benzene rings is 2. The van der Waals surface area contributed by atoms with Crippen LogP contribution in [0.3, 0.4) is 0 Å². The van der Waals surface area contributed by atoms with Gasteiger partial charge in [-0.05, 0) is 29.1 Å². The third kappa shape index (κ3) is 2.68. The molecule has 21 heavy (non-hydrogen) atoms. The van der Waals surface area contributed by atoms with Crippen molar-refractivity contribution >= 4 is 33.9 Å². The normalized spacial score (nSPS) is 10.7. The second-order valence-corrected chi connectivity index (χ2v) is 5.04. The molecule has 2 aromatic carbocycles. The summed E-state index contributed by atoms with van der Waals surface area (Å²) in [7, 11) is 0. The summed E-state index contributed by atoms with van der Waals surface area (Å²) in [6, 6.07) is 12.7. The van der Waals surface area contributed by atoms with Crippen molar-refractivity contribution in [2.45, 2.75) is 6.54 Å². The highest BCUT2D eigenvalue weighted by Crippen LogP contribution is 2.27. The maximum Gasteiger partial charge on any atom is 0.288 e. The summed E-state index contributed by atoms with van der Waals surface area (Å²) in [5.74, 6) is 0. The first-order valence-corrected chi connectivity index (χ1v) is 6.76. The molecule has 5 nitrogen and oxygen atoms in total. The first-order chi connectivity index (χ1) is 10.1. The van der Waals surface area contributed by atoms with E-state index in [1.165, 1.54) is 6.07 Å².